The van der Waals surface area contributed by atoms with E-state index in [1.807, 2.05) is 37.2 Å². The molecule has 0 amide bonds. The van der Waals surface area contributed by atoms with Gasteiger partial charge in [0, 0.05) is 26.0 Å². The van der Waals surface area contributed by atoms with Crippen molar-refractivity contribution < 1.29 is 9.13 Å². The lowest BCUT2D eigenvalue weighted by Crippen LogP contribution is -2.38. The van der Waals surface area contributed by atoms with Gasteiger partial charge in [0.15, 0.2) is 17.5 Å². The van der Waals surface area contributed by atoms with Gasteiger partial charge < -0.3 is 15.0 Å². The molecule has 2 aromatic rings. The van der Waals surface area contributed by atoms with Crippen molar-refractivity contribution in [3.8, 4) is 5.75 Å². The lowest BCUT2D eigenvalue weighted by molar-refractivity contribution is 0.321. The van der Waals surface area contributed by atoms with E-state index in [0.29, 0.717) is 19.7 Å². The van der Waals surface area contributed by atoms with Crippen LogP contribution in [0.4, 0.5) is 4.39 Å². The Balaban J connectivity index is 1.94. The molecule has 0 aliphatic rings. The van der Waals surface area contributed by atoms with E-state index in [4.69, 9.17) is 4.74 Å². The maximum absolute atomic E-state index is 13.9. The molecule has 1 aromatic carbocycles. The average molecular weight is 350 g/mol. The first-order valence-electron chi connectivity index (χ1n) is 7.77. The summed E-state index contributed by atoms with van der Waals surface area (Å²) in [5.74, 6) is 0.661. The second-order valence-corrected chi connectivity index (χ2v) is 6.37. The number of thiazole rings is 1. The summed E-state index contributed by atoms with van der Waals surface area (Å²) in [4.78, 5) is 10.7. The van der Waals surface area contributed by atoms with E-state index in [2.05, 4.69) is 15.3 Å². The Kier molecular flexibility index (Phi) is 6.54. The van der Waals surface area contributed by atoms with Crippen LogP contribution in [0.2, 0.25) is 0 Å². The van der Waals surface area contributed by atoms with Crippen molar-refractivity contribution in [2.24, 2.45) is 4.99 Å². The Labute approximate surface area is 146 Å². The lowest BCUT2D eigenvalue weighted by atomic mass is 10.2. The van der Waals surface area contributed by atoms with Crippen LogP contribution in [0, 0.1) is 12.7 Å². The Hall–Kier alpha value is -2.15. The second-order valence-electron chi connectivity index (χ2n) is 5.31. The summed E-state index contributed by atoms with van der Waals surface area (Å²) in [6.45, 7) is 5.42. The molecule has 0 radical (unpaired) electrons. The fourth-order valence-electron chi connectivity index (χ4n) is 2.29. The molecular weight excluding hydrogens is 327 g/mol. The number of hydrogen-bond donors (Lipinski definition) is 1. The van der Waals surface area contributed by atoms with Crippen LogP contribution in [0.25, 0.3) is 0 Å². The normalized spacial score (nSPS) is 11.5. The van der Waals surface area contributed by atoms with E-state index < -0.39 is 0 Å². The van der Waals surface area contributed by atoms with Gasteiger partial charge in [-0.15, -0.1) is 11.3 Å². The predicted molar refractivity (Wildman–Crippen MR) is 96.1 cm³/mol. The Morgan fingerprint density at radius 2 is 2.25 bits per heavy atom. The summed E-state index contributed by atoms with van der Waals surface area (Å²) in [6.07, 6.45) is 0. The number of halogens is 1. The molecule has 130 valence electrons. The summed E-state index contributed by atoms with van der Waals surface area (Å²) >= 11 is 1.63. The van der Waals surface area contributed by atoms with Crippen LogP contribution in [0.1, 0.15) is 23.2 Å². The minimum absolute atomic E-state index is 0.279. The second kappa shape index (κ2) is 8.63. The van der Waals surface area contributed by atoms with Gasteiger partial charge >= 0.3 is 0 Å². The van der Waals surface area contributed by atoms with Crippen LogP contribution < -0.4 is 10.1 Å². The molecule has 0 fully saturated rings. The third kappa shape index (κ3) is 4.92. The summed E-state index contributed by atoms with van der Waals surface area (Å²) in [5, 5.41) is 6.33. The minimum Gasteiger partial charge on any atom is -0.491 e. The van der Waals surface area contributed by atoms with Gasteiger partial charge in [0.1, 0.15) is 0 Å². The first-order chi connectivity index (χ1) is 11.5. The fourth-order valence-corrected chi connectivity index (χ4v) is 2.90. The van der Waals surface area contributed by atoms with Crippen molar-refractivity contribution in [2.75, 3.05) is 20.7 Å². The van der Waals surface area contributed by atoms with Crippen molar-refractivity contribution in [1.82, 2.24) is 15.2 Å². The number of ether oxygens (including phenoxy) is 1. The van der Waals surface area contributed by atoms with Crippen molar-refractivity contribution >= 4 is 17.3 Å². The first kappa shape index (κ1) is 18.2. The zero-order valence-corrected chi connectivity index (χ0v) is 15.3. The number of nitrogens with one attached hydrogen (secondary N) is 1. The van der Waals surface area contributed by atoms with Gasteiger partial charge in [-0.05, 0) is 31.5 Å². The van der Waals surface area contributed by atoms with Crippen LogP contribution in [-0.2, 0) is 13.1 Å². The van der Waals surface area contributed by atoms with Crippen LogP contribution in [0.3, 0.4) is 0 Å². The first-order valence-corrected chi connectivity index (χ1v) is 8.65. The van der Waals surface area contributed by atoms with Gasteiger partial charge in [-0.1, -0.05) is 6.07 Å². The number of nitrogens with zero attached hydrogens (tertiary/aromatic N) is 3. The van der Waals surface area contributed by atoms with E-state index in [0.717, 1.165) is 22.2 Å². The van der Waals surface area contributed by atoms with Crippen LogP contribution in [0.5, 0.6) is 5.75 Å². The number of guanidine groups is 1. The van der Waals surface area contributed by atoms with Gasteiger partial charge in [0.25, 0.3) is 0 Å². The number of aliphatic imine (C=N–C) groups is 1. The highest BCUT2D eigenvalue weighted by atomic mass is 32.1. The highest BCUT2D eigenvalue weighted by Gasteiger charge is 2.10. The molecule has 5 nitrogen and oxygen atoms in total. The zero-order valence-electron chi connectivity index (χ0n) is 14.5. The average Bonchev–Trinajstić information content (AvgIpc) is 2.95. The quantitative estimate of drug-likeness (QED) is 0.642. The minimum atomic E-state index is -0.350. The van der Waals surface area contributed by atoms with Crippen molar-refractivity contribution in [1.29, 1.82) is 0 Å². The Morgan fingerprint density at radius 1 is 1.46 bits per heavy atom. The van der Waals surface area contributed by atoms with Crippen molar-refractivity contribution in [3.05, 3.63) is 45.7 Å². The van der Waals surface area contributed by atoms with Crippen LogP contribution >= 0.6 is 11.3 Å². The molecule has 0 unspecified atom stereocenters. The standard InChI is InChI=1S/C17H23FN4OS/c1-5-23-16-7-6-13(8-15(16)18)9-20-17(19-3)22(4)10-14-11-24-12(2)21-14/h6-8,11H,5,9-10H2,1-4H3,(H,19,20). The highest BCUT2D eigenvalue weighted by Crippen LogP contribution is 2.18. The molecular formula is C17H23FN4OS. The summed E-state index contributed by atoms with van der Waals surface area (Å²) < 4.78 is 19.1. The summed E-state index contributed by atoms with van der Waals surface area (Å²) in [5.41, 5.74) is 1.84. The molecule has 1 heterocycles. The molecule has 0 bridgehead atoms. The molecule has 0 saturated carbocycles. The van der Waals surface area contributed by atoms with E-state index in [1.54, 1.807) is 24.5 Å². The topological polar surface area (TPSA) is 49.8 Å². The van der Waals surface area contributed by atoms with E-state index in [-0.39, 0.29) is 11.6 Å². The van der Waals surface area contributed by atoms with E-state index in [1.165, 1.54) is 6.07 Å². The van der Waals surface area contributed by atoms with E-state index in [9.17, 15) is 4.39 Å². The maximum atomic E-state index is 13.9. The molecule has 2 rings (SSSR count). The molecule has 1 N–H and O–H groups in total. The Bertz CT molecular complexity index is 702. The Morgan fingerprint density at radius 3 is 2.83 bits per heavy atom. The molecule has 0 aliphatic carbocycles. The van der Waals surface area contributed by atoms with Crippen molar-refractivity contribution in [3.63, 3.8) is 0 Å². The van der Waals surface area contributed by atoms with Crippen LogP contribution in [-0.4, -0.2) is 36.5 Å². The lowest BCUT2D eigenvalue weighted by Gasteiger charge is -2.21. The molecule has 7 heteroatoms. The van der Waals surface area contributed by atoms with Gasteiger partial charge in [0.2, 0.25) is 0 Å². The highest BCUT2D eigenvalue weighted by molar-refractivity contribution is 7.09. The SMILES string of the molecule is CCOc1ccc(CNC(=NC)N(C)Cc2csc(C)n2)cc1F. The van der Waals surface area contributed by atoms with Gasteiger partial charge in [0.05, 0.1) is 23.9 Å². The number of aryl methyl sites for hydroxylation is 1. The number of aromatic nitrogens is 1. The fraction of sp³-hybridized carbons (Fsp3) is 0.412. The summed E-state index contributed by atoms with van der Waals surface area (Å²) in [7, 11) is 3.67. The van der Waals surface area contributed by atoms with Gasteiger partial charge in [-0.2, -0.15) is 0 Å². The van der Waals surface area contributed by atoms with Crippen molar-refractivity contribution in [2.45, 2.75) is 26.9 Å². The smallest absolute Gasteiger partial charge is 0.194 e. The zero-order chi connectivity index (χ0) is 17.5. The molecule has 24 heavy (non-hydrogen) atoms. The maximum Gasteiger partial charge on any atom is 0.194 e. The number of benzene rings is 1. The summed E-state index contributed by atoms with van der Waals surface area (Å²) in [6, 6.07) is 4.98. The molecule has 0 saturated heterocycles. The third-order valence-electron chi connectivity index (χ3n) is 3.39. The molecule has 0 spiro atoms. The van der Waals surface area contributed by atoms with Gasteiger partial charge in [-0.25, -0.2) is 9.37 Å². The van der Waals surface area contributed by atoms with E-state index >= 15 is 0 Å². The molecule has 1 aromatic heterocycles. The largest absolute Gasteiger partial charge is 0.491 e. The number of hydrogen-bond acceptors (Lipinski definition) is 4. The molecule has 0 atom stereocenters. The third-order valence-corrected chi connectivity index (χ3v) is 4.21. The monoisotopic (exact) mass is 350 g/mol. The number of rotatable bonds is 6. The van der Waals surface area contributed by atoms with Crippen LogP contribution in [0.15, 0.2) is 28.6 Å². The predicted octanol–water partition coefficient (Wildman–Crippen LogP) is 3.20. The molecule has 0 aliphatic heterocycles. The van der Waals surface area contributed by atoms with Gasteiger partial charge in [-0.3, -0.25) is 4.99 Å².